The summed E-state index contributed by atoms with van der Waals surface area (Å²) in [5, 5.41) is 10.6. The molecule has 0 atom stereocenters. The monoisotopic (exact) mass is 424 g/mol. The lowest BCUT2D eigenvalue weighted by Gasteiger charge is -2.38. The van der Waals surface area contributed by atoms with Gasteiger partial charge >= 0.3 is 0 Å². The van der Waals surface area contributed by atoms with Crippen molar-refractivity contribution >= 4 is 17.7 Å². The lowest BCUT2D eigenvalue weighted by molar-refractivity contribution is 0.0936. The zero-order chi connectivity index (χ0) is 20.8. The van der Waals surface area contributed by atoms with E-state index in [0.717, 1.165) is 47.7 Å². The maximum absolute atomic E-state index is 13.4. The van der Waals surface area contributed by atoms with Crippen molar-refractivity contribution in [3.63, 3.8) is 0 Å². The van der Waals surface area contributed by atoms with E-state index in [-0.39, 0.29) is 17.1 Å². The molecule has 3 aromatic rings. The Kier molecular flexibility index (Phi) is 6.47. The van der Waals surface area contributed by atoms with E-state index >= 15 is 0 Å². The van der Waals surface area contributed by atoms with Crippen LogP contribution in [0.2, 0.25) is 0 Å². The summed E-state index contributed by atoms with van der Waals surface area (Å²) in [6.45, 7) is 0.570. The van der Waals surface area contributed by atoms with Crippen molar-refractivity contribution < 1.29 is 9.18 Å². The first-order valence-electron chi connectivity index (χ1n) is 10.3. The summed E-state index contributed by atoms with van der Waals surface area (Å²) in [6.07, 6.45) is 6.98. The molecule has 1 amide bonds. The maximum atomic E-state index is 13.4. The van der Waals surface area contributed by atoms with E-state index in [1.54, 1.807) is 11.8 Å². The minimum atomic E-state index is -0.227. The molecule has 5 nitrogen and oxygen atoms in total. The molecule has 30 heavy (non-hydrogen) atoms. The Morgan fingerprint density at radius 1 is 1.07 bits per heavy atom. The summed E-state index contributed by atoms with van der Waals surface area (Å²) in [5.74, 6) is 0.455. The largest absolute Gasteiger partial charge is 0.351 e. The summed E-state index contributed by atoms with van der Waals surface area (Å²) in [4.78, 5) is 16.9. The molecule has 0 radical (unpaired) electrons. The fraction of sp³-hybridized carbons (Fsp3) is 0.348. The Bertz CT molecular complexity index is 952. The second kappa shape index (κ2) is 9.43. The minimum absolute atomic E-state index is 0.0727. The van der Waals surface area contributed by atoms with Crippen LogP contribution in [0.1, 0.15) is 53.6 Å². The molecule has 0 aliphatic heterocycles. The fourth-order valence-electron chi connectivity index (χ4n) is 4.12. The molecule has 0 saturated heterocycles. The minimum Gasteiger partial charge on any atom is -0.351 e. The van der Waals surface area contributed by atoms with Gasteiger partial charge in [0.1, 0.15) is 12.1 Å². The number of rotatable bonds is 7. The van der Waals surface area contributed by atoms with Crippen LogP contribution in [-0.2, 0) is 11.2 Å². The Labute approximate surface area is 179 Å². The number of nitrogens with one attached hydrogen (secondary N) is 2. The van der Waals surface area contributed by atoms with Crippen LogP contribution < -0.4 is 5.32 Å². The Balaban J connectivity index is 1.39. The molecule has 2 aromatic carbocycles. The number of carbonyl (C=O) groups is 1. The highest BCUT2D eigenvalue weighted by Gasteiger charge is 2.34. The molecule has 1 aliphatic carbocycles. The highest BCUT2D eigenvalue weighted by atomic mass is 32.2. The number of hydrogen-bond acceptors (Lipinski definition) is 4. The van der Waals surface area contributed by atoms with Crippen LogP contribution in [0.3, 0.4) is 0 Å². The van der Waals surface area contributed by atoms with Gasteiger partial charge < -0.3 is 5.32 Å². The van der Waals surface area contributed by atoms with Crippen LogP contribution in [0.25, 0.3) is 0 Å². The molecule has 7 heteroatoms. The number of aromatic amines is 1. The van der Waals surface area contributed by atoms with Crippen molar-refractivity contribution in [1.29, 1.82) is 0 Å². The van der Waals surface area contributed by atoms with E-state index < -0.39 is 0 Å². The van der Waals surface area contributed by atoms with Crippen molar-refractivity contribution in [3.8, 4) is 0 Å². The second-order valence-corrected chi connectivity index (χ2v) is 8.77. The van der Waals surface area contributed by atoms with Gasteiger partial charge in [-0.25, -0.2) is 9.37 Å². The van der Waals surface area contributed by atoms with Gasteiger partial charge in [-0.15, -0.1) is 0 Å². The Morgan fingerprint density at radius 2 is 1.80 bits per heavy atom. The van der Waals surface area contributed by atoms with Crippen molar-refractivity contribution in [3.05, 3.63) is 77.4 Å². The Hall–Kier alpha value is -2.67. The predicted octanol–water partition coefficient (Wildman–Crippen LogP) is 4.87. The van der Waals surface area contributed by atoms with E-state index in [4.69, 9.17) is 0 Å². The molecular formula is C23H25FN4OS. The van der Waals surface area contributed by atoms with E-state index in [2.05, 4.69) is 20.5 Å². The van der Waals surface area contributed by atoms with Crippen LogP contribution in [0.5, 0.6) is 0 Å². The molecule has 1 fully saturated rings. The molecule has 1 saturated carbocycles. The third kappa shape index (κ3) is 4.90. The van der Waals surface area contributed by atoms with Crippen LogP contribution in [0.15, 0.2) is 60.0 Å². The molecular weight excluding hydrogens is 399 g/mol. The van der Waals surface area contributed by atoms with E-state index in [1.165, 1.54) is 24.9 Å². The quantitative estimate of drug-likeness (QED) is 0.531. The summed E-state index contributed by atoms with van der Waals surface area (Å²) in [6, 6.07) is 14.4. The van der Waals surface area contributed by atoms with Crippen molar-refractivity contribution in [2.24, 2.45) is 0 Å². The molecule has 0 bridgehead atoms. The molecule has 1 heterocycles. The number of halogens is 1. The molecule has 4 rings (SSSR count). The lowest BCUT2D eigenvalue weighted by Crippen LogP contribution is -2.42. The zero-order valence-corrected chi connectivity index (χ0v) is 17.6. The highest BCUT2D eigenvalue weighted by molar-refractivity contribution is 7.98. The molecule has 1 aliphatic rings. The normalized spacial score (nSPS) is 15.6. The summed E-state index contributed by atoms with van der Waals surface area (Å²) in [7, 11) is 0. The average molecular weight is 425 g/mol. The summed E-state index contributed by atoms with van der Waals surface area (Å²) >= 11 is 1.57. The number of nitrogens with zero attached hydrogens (tertiary/aromatic N) is 2. The van der Waals surface area contributed by atoms with Gasteiger partial charge in [0, 0.05) is 23.3 Å². The molecule has 1 aromatic heterocycles. The topological polar surface area (TPSA) is 70.7 Å². The summed E-state index contributed by atoms with van der Waals surface area (Å²) in [5.41, 5.74) is 2.76. The van der Waals surface area contributed by atoms with Gasteiger partial charge in [0.25, 0.3) is 5.91 Å². The first-order chi connectivity index (χ1) is 14.6. The van der Waals surface area contributed by atoms with Gasteiger partial charge in [-0.1, -0.05) is 55.3 Å². The van der Waals surface area contributed by atoms with E-state index in [1.807, 2.05) is 36.4 Å². The maximum Gasteiger partial charge on any atom is 0.251 e. The standard InChI is InChI=1S/C23H25FN4OS/c24-20-10-8-19(9-11-20)23(12-2-1-3-13-23)15-25-21(29)18-6-4-17(5-7-18)14-30-22-26-16-27-28-22/h4-11,16H,1-3,12-15H2,(H,25,29)(H,26,27,28). The zero-order valence-electron chi connectivity index (χ0n) is 16.7. The van der Waals surface area contributed by atoms with E-state index in [0.29, 0.717) is 12.1 Å². The third-order valence-corrected chi connectivity index (χ3v) is 6.79. The molecule has 156 valence electrons. The number of carbonyl (C=O) groups excluding carboxylic acids is 1. The molecule has 0 spiro atoms. The number of amides is 1. The number of aromatic nitrogens is 3. The van der Waals surface area contributed by atoms with Gasteiger partial charge in [0.05, 0.1) is 0 Å². The van der Waals surface area contributed by atoms with Gasteiger partial charge in [-0.3, -0.25) is 9.89 Å². The van der Waals surface area contributed by atoms with Crippen LogP contribution in [-0.4, -0.2) is 27.6 Å². The van der Waals surface area contributed by atoms with Crippen LogP contribution >= 0.6 is 11.8 Å². The Morgan fingerprint density at radius 3 is 2.47 bits per heavy atom. The van der Waals surface area contributed by atoms with Crippen molar-refractivity contribution in [2.75, 3.05) is 6.54 Å². The first-order valence-corrected chi connectivity index (χ1v) is 11.2. The molecule has 2 N–H and O–H groups in total. The number of benzene rings is 2. The SMILES string of the molecule is O=C(NCC1(c2ccc(F)cc2)CCCCC1)c1ccc(CSc2ncn[nH]2)cc1. The smallest absolute Gasteiger partial charge is 0.251 e. The predicted molar refractivity (Wildman–Crippen MR) is 116 cm³/mol. The van der Waals surface area contributed by atoms with Crippen LogP contribution in [0.4, 0.5) is 4.39 Å². The lowest BCUT2D eigenvalue weighted by atomic mass is 9.69. The summed E-state index contributed by atoms with van der Waals surface area (Å²) < 4.78 is 13.4. The number of thioether (sulfide) groups is 1. The van der Waals surface area contributed by atoms with Crippen molar-refractivity contribution in [2.45, 2.75) is 48.4 Å². The third-order valence-electron chi connectivity index (χ3n) is 5.84. The fourth-order valence-corrected chi connectivity index (χ4v) is 4.85. The van der Waals surface area contributed by atoms with Gasteiger partial charge in [-0.2, -0.15) is 5.10 Å². The second-order valence-electron chi connectivity index (χ2n) is 7.81. The van der Waals surface area contributed by atoms with Gasteiger partial charge in [0.15, 0.2) is 5.16 Å². The number of hydrogen-bond donors (Lipinski definition) is 2. The number of H-pyrrole nitrogens is 1. The van der Waals surface area contributed by atoms with Gasteiger partial charge in [0.2, 0.25) is 0 Å². The first kappa shape index (κ1) is 20.6. The highest BCUT2D eigenvalue weighted by Crippen LogP contribution is 2.39. The van der Waals surface area contributed by atoms with Gasteiger partial charge in [-0.05, 0) is 48.2 Å². The molecule has 0 unspecified atom stereocenters. The average Bonchev–Trinajstić information content (AvgIpc) is 3.31. The van der Waals surface area contributed by atoms with Crippen molar-refractivity contribution in [1.82, 2.24) is 20.5 Å². The van der Waals surface area contributed by atoms with Crippen LogP contribution in [0, 0.1) is 5.82 Å². The van der Waals surface area contributed by atoms with E-state index in [9.17, 15) is 9.18 Å².